The highest BCUT2D eigenvalue weighted by Gasteiger charge is 2.36. The minimum atomic E-state index is -0.484. The van der Waals surface area contributed by atoms with E-state index in [-0.39, 0.29) is 12.1 Å². The van der Waals surface area contributed by atoms with Crippen molar-refractivity contribution < 1.29 is 0 Å². The van der Waals surface area contributed by atoms with Crippen molar-refractivity contribution >= 4 is 0 Å². The second-order valence-corrected chi connectivity index (χ2v) is 4.91. The van der Waals surface area contributed by atoms with Crippen LogP contribution in [0.15, 0.2) is 0 Å². The highest BCUT2D eigenvalue weighted by atomic mass is 14.9. The van der Waals surface area contributed by atoms with Crippen molar-refractivity contribution in [2.45, 2.75) is 52.2 Å². The lowest BCUT2D eigenvalue weighted by atomic mass is 9.76. The maximum absolute atomic E-state index is 6.16. The second-order valence-electron chi connectivity index (χ2n) is 4.91. The standard InChI is InChI=1S/C10H25N3/c1-6(2)8(11)10(5,13)9(12)7(3)4/h6-9H,11-13H2,1-5H3. The molecule has 0 saturated carbocycles. The summed E-state index contributed by atoms with van der Waals surface area (Å²) < 4.78 is 0. The second kappa shape index (κ2) is 4.40. The zero-order valence-electron chi connectivity index (χ0n) is 9.54. The van der Waals surface area contributed by atoms with E-state index in [4.69, 9.17) is 17.2 Å². The van der Waals surface area contributed by atoms with Crippen molar-refractivity contribution in [1.82, 2.24) is 0 Å². The molecule has 0 aliphatic carbocycles. The first kappa shape index (κ1) is 12.9. The maximum atomic E-state index is 6.16. The number of hydrogen-bond acceptors (Lipinski definition) is 3. The van der Waals surface area contributed by atoms with Gasteiger partial charge in [0.1, 0.15) is 0 Å². The zero-order chi connectivity index (χ0) is 10.8. The minimum absolute atomic E-state index is 0.0510. The van der Waals surface area contributed by atoms with Crippen LogP contribution in [0.2, 0.25) is 0 Å². The van der Waals surface area contributed by atoms with Crippen molar-refractivity contribution in [3.8, 4) is 0 Å². The smallest absolute Gasteiger partial charge is 0.0437 e. The van der Waals surface area contributed by atoms with E-state index >= 15 is 0 Å². The van der Waals surface area contributed by atoms with Crippen LogP contribution in [0.25, 0.3) is 0 Å². The van der Waals surface area contributed by atoms with E-state index in [1.165, 1.54) is 0 Å². The predicted molar refractivity (Wildman–Crippen MR) is 58.2 cm³/mol. The molecule has 0 bridgehead atoms. The van der Waals surface area contributed by atoms with Gasteiger partial charge in [0.2, 0.25) is 0 Å². The monoisotopic (exact) mass is 187 g/mol. The molecule has 0 aromatic rings. The van der Waals surface area contributed by atoms with Crippen LogP contribution in [0.5, 0.6) is 0 Å². The van der Waals surface area contributed by atoms with Gasteiger partial charge in [0.05, 0.1) is 0 Å². The molecule has 0 aromatic carbocycles. The molecule has 0 amide bonds. The lowest BCUT2D eigenvalue weighted by Crippen LogP contribution is -2.66. The van der Waals surface area contributed by atoms with E-state index in [1.54, 1.807) is 0 Å². The summed E-state index contributed by atoms with van der Waals surface area (Å²) in [6.45, 7) is 10.2. The zero-order valence-corrected chi connectivity index (χ0v) is 9.54. The van der Waals surface area contributed by atoms with Gasteiger partial charge in [-0.2, -0.15) is 0 Å². The third kappa shape index (κ3) is 2.93. The van der Waals surface area contributed by atoms with E-state index in [0.29, 0.717) is 11.8 Å². The maximum Gasteiger partial charge on any atom is 0.0437 e. The summed E-state index contributed by atoms with van der Waals surface area (Å²) in [5.74, 6) is 0.722. The van der Waals surface area contributed by atoms with Crippen LogP contribution in [-0.2, 0) is 0 Å². The highest BCUT2D eigenvalue weighted by molar-refractivity contribution is 5.00. The van der Waals surface area contributed by atoms with Crippen molar-refractivity contribution in [2.75, 3.05) is 0 Å². The summed E-state index contributed by atoms with van der Waals surface area (Å²) in [6, 6.07) is -0.102. The van der Waals surface area contributed by atoms with Crippen LogP contribution in [-0.4, -0.2) is 17.6 Å². The summed E-state index contributed by atoms with van der Waals surface area (Å²) in [5, 5.41) is 0. The van der Waals surface area contributed by atoms with Crippen LogP contribution < -0.4 is 17.2 Å². The third-order valence-corrected chi connectivity index (χ3v) is 2.87. The Morgan fingerprint density at radius 3 is 1.23 bits per heavy atom. The molecular formula is C10H25N3. The fraction of sp³-hybridized carbons (Fsp3) is 1.00. The Balaban J connectivity index is 4.54. The van der Waals surface area contributed by atoms with Crippen molar-refractivity contribution in [3.05, 3.63) is 0 Å². The topological polar surface area (TPSA) is 78.1 Å². The molecule has 13 heavy (non-hydrogen) atoms. The molecule has 80 valence electrons. The largest absolute Gasteiger partial charge is 0.326 e. The van der Waals surface area contributed by atoms with Gasteiger partial charge in [-0.1, -0.05) is 27.7 Å². The molecule has 2 unspecified atom stereocenters. The minimum Gasteiger partial charge on any atom is -0.326 e. The summed E-state index contributed by atoms with van der Waals surface area (Å²) in [5.41, 5.74) is 17.7. The Bertz CT molecular complexity index is 136. The van der Waals surface area contributed by atoms with Crippen molar-refractivity contribution in [1.29, 1.82) is 0 Å². The molecule has 3 heteroatoms. The average Bonchev–Trinajstić information content (AvgIpc) is 2.01. The van der Waals surface area contributed by atoms with Crippen LogP contribution >= 0.6 is 0 Å². The summed E-state index contributed by atoms with van der Waals surface area (Å²) in [7, 11) is 0. The Morgan fingerprint density at radius 2 is 1.08 bits per heavy atom. The molecule has 0 radical (unpaired) electrons. The molecule has 0 aliphatic heterocycles. The summed E-state index contributed by atoms with van der Waals surface area (Å²) >= 11 is 0. The first-order chi connectivity index (χ1) is 5.71. The lowest BCUT2D eigenvalue weighted by molar-refractivity contribution is 0.225. The van der Waals surface area contributed by atoms with E-state index < -0.39 is 5.54 Å². The Morgan fingerprint density at radius 1 is 0.846 bits per heavy atom. The van der Waals surface area contributed by atoms with Crippen LogP contribution in [0.4, 0.5) is 0 Å². The fourth-order valence-corrected chi connectivity index (χ4v) is 1.66. The fourth-order valence-electron chi connectivity index (χ4n) is 1.66. The molecule has 0 heterocycles. The normalized spacial score (nSPS) is 21.7. The molecule has 0 fully saturated rings. The highest BCUT2D eigenvalue weighted by Crippen LogP contribution is 2.20. The first-order valence-electron chi connectivity index (χ1n) is 5.01. The molecule has 6 N–H and O–H groups in total. The lowest BCUT2D eigenvalue weighted by Gasteiger charge is -2.40. The number of rotatable bonds is 4. The molecule has 0 aliphatic rings. The predicted octanol–water partition coefficient (Wildman–Crippen LogP) is 0.670. The Labute approximate surface area is 82.0 Å². The molecular weight excluding hydrogens is 162 g/mol. The molecule has 2 atom stereocenters. The van der Waals surface area contributed by atoms with Gasteiger partial charge in [-0.05, 0) is 18.8 Å². The number of hydrogen-bond donors (Lipinski definition) is 3. The first-order valence-corrected chi connectivity index (χ1v) is 5.01. The van der Waals surface area contributed by atoms with E-state index in [2.05, 4.69) is 27.7 Å². The molecule has 0 aromatic heterocycles. The van der Waals surface area contributed by atoms with E-state index in [0.717, 1.165) is 0 Å². The molecule has 0 spiro atoms. The van der Waals surface area contributed by atoms with Gasteiger partial charge in [0.25, 0.3) is 0 Å². The van der Waals surface area contributed by atoms with Gasteiger partial charge in [-0.25, -0.2) is 0 Å². The van der Waals surface area contributed by atoms with Crippen LogP contribution in [0, 0.1) is 11.8 Å². The van der Waals surface area contributed by atoms with Gasteiger partial charge in [-0.15, -0.1) is 0 Å². The van der Waals surface area contributed by atoms with Crippen molar-refractivity contribution in [2.24, 2.45) is 29.0 Å². The van der Waals surface area contributed by atoms with E-state index in [1.807, 2.05) is 6.92 Å². The van der Waals surface area contributed by atoms with Gasteiger partial charge in [0.15, 0.2) is 0 Å². The van der Waals surface area contributed by atoms with Gasteiger partial charge in [-0.3, -0.25) is 0 Å². The van der Waals surface area contributed by atoms with Crippen molar-refractivity contribution in [3.63, 3.8) is 0 Å². The van der Waals surface area contributed by atoms with Crippen LogP contribution in [0.3, 0.4) is 0 Å². The summed E-state index contributed by atoms with van der Waals surface area (Å²) in [4.78, 5) is 0. The quantitative estimate of drug-likeness (QED) is 0.605. The van der Waals surface area contributed by atoms with Gasteiger partial charge in [0, 0.05) is 17.6 Å². The van der Waals surface area contributed by atoms with Gasteiger partial charge >= 0.3 is 0 Å². The summed E-state index contributed by atoms with van der Waals surface area (Å²) in [6.07, 6.45) is 0. The molecule has 0 rings (SSSR count). The third-order valence-electron chi connectivity index (χ3n) is 2.87. The molecule has 3 nitrogen and oxygen atoms in total. The SMILES string of the molecule is CC(C)C(N)C(C)(N)C(N)C(C)C. The Hall–Kier alpha value is -0.120. The molecule has 0 saturated heterocycles. The van der Waals surface area contributed by atoms with Crippen LogP contribution in [0.1, 0.15) is 34.6 Å². The Kier molecular flexibility index (Phi) is 4.36. The van der Waals surface area contributed by atoms with Gasteiger partial charge < -0.3 is 17.2 Å². The number of nitrogens with two attached hydrogens (primary N) is 3. The van der Waals surface area contributed by atoms with E-state index in [9.17, 15) is 0 Å². The average molecular weight is 187 g/mol.